The van der Waals surface area contributed by atoms with Gasteiger partial charge in [-0.15, -0.1) is 0 Å². The Balaban J connectivity index is 3.73. The zero-order chi connectivity index (χ0) is 13.3. The molecule has 0 saturated carbocycles. The van der Waals surface area contributed by atoms with Gasteiger partial charge in [-0.1, -0.05) is 27.2 Å². The molecule has 0 rings (SSSR count). The van der Waals surface area contributed by atoms with Crippen LogP contribution in [0.15, 0.2) is 0 Å². The molecule has 5 nitrogen and oxygen atoms in total. The smallest absolute Gasteiger partial charge is 0.234 e. The van der Waals surface area contributed by atoms with E-state index in [1.807, 2.05) is 13.8 Å². The fourth-order valence-electron chi connectivity index (χ4n) is 1.45. The van der Waals surface area contributed by atoms with Gasteiger partial charge < -0.3 is 20.9 Å². The van der Waals surface area contributed by atoms with E-state index in [-0.39, 0.29) is 18.4 Å². The SMILES string of the molecule is CCCCOCC(O)CNC(C(N)=O)C(C)C. The summed E-state index contributed by atoms with van der Waals surface area (Å²) in [6.07, 6.45) is 1.47. The van der Waals surface area contributed by atoms with Crippen LogP contribution < -0.4 is 11.1 Å². The summed E-state index contributed by atoms with van der Waals surface area (Å²) in [5.74, 6) is -0.278. The first-order chi connectivity index (χ1) is 7.99. The molecule has 0 fully saturated rings. The Kier molecular flexibility index (Phi) is 9.03. The van der Waals surface area contributed by atoms with Crippen LogP contribution in [0, 0.1) is 5.92 Å². The second-order valence-corrected chi connectivity index (χ2v) is 4.61. The van der Waals surface area contributed by atoms with Crippen molar-refractivity contribution >= 4 is 5.91 Å². The zero-order valence-corrected chi connectivity index (χ0v) is 11.1. The minimum Gasteiger partial charge on any atom is -0.389 e. The quantitative estimate of drug-likeness (QED) is 0.483. The van der Waals surface area contributed by atoms with Crippen LogP contribution in [0.1, 0.15) is 33.6 Å². The van der Waals surface area contributed by atoms with Crippen molar-refractivity contribution in [3.05, 3.63) is 0 Å². The largest absolute Gasteiger partial charge is 0.389 e. The molecule has 0 bridgehead atoms. The van der Waals surface area contributed by atoms with E-state index in [2.05, 4.69) is 12.2 Å². The van der Waals surface area contributed by atoms with E-state index in [0.717, 1.165) is 12.8 Å². The maximum absolute atomic E-state index is 11.1. The molecule has 0 aliphatic carbocycles. The molecule has 0 aromatic heterocycles. The van der Waals surface area contributed by atoms with Crippen molar-refractivity contribution in [3.8, 4) is 0 Å². The first-order valence-corrected chi connectivity index (χ1v) is 6.27. The van der Waals surface area contributed by atoms with Gasteiger partial charge in [-0.2, -0.15) is 0 Å². The predicted octanol–water partition coefficient (Wildman–Crippen LogP) is 0.264. The van der Waals surface area contributed by atoms with Crippen LogP contribution >= 0.6 is 0 Å². The van der Waals surface area contributed by atoms with E-state index < -0.39 is 12.1 Å². The molecule has 0 saturated heterocycles. The number of nitrogens with two attached hydrogens (primary N) is 1. The summed E-state index contributed by atoms with van der Waals surface area (Å²) in [4.78, 5) is 11.1. The van der Waals surface area contributed by atoms with Gasteiger partial charge in [-0.25, -0.2) is 0 Å². The van der Waals surface area contributed by atoms with Gasteiger partial charge in [-0.3, -0.25) is 4.79 Å². The number of aliphatic hydroxyl groups is 1. The van der Waals surface area contributed by atoms with E-state index in [4.69, 9.17) is 10.5 Å². The molecule has 2 unspecified atom stereocenters. The number of primary amides is 1. The summed E-state index contributed by atoms with van der Waals surface area (Å²) in [6.45, 7) is 7.17. The Bertz CT molecular complexity index is 210. The maximum atomic E-state index is 11.1. The first kappa shape index (κ1) is 16.4. The molecule has 5 heteroatoms. The van der Waals surface area contributed by atoms with E-state index in [1.54, 1.807) is 0 Å². The van der Waals surface area contributed by atoms with Gasteiger partial charge in [0.1, 0.15) is 0 Å². The number of unbranched alkanes of at least 4 members (excludes halogenated alkanes) is 1. The first-order valence-electron chi connectivity index (χ1n) is 6.27. The highest BCUT2D eigenvalue weighted by molar-refractivity contribution is 5.80. The summed E-state index contributed by atoms with van der Waals surface area (Å²) in [6, 6.07) is -0.403. The van der Waals surface area contributed by atoms with Crippen LogP contribution in [-0.4, -0.2) is 42.9 Å². The maximum Gasteiger partial charge on any atom is 0.234 e. The predicted molar refractivity (Wildman–Crippen MR) is 67.6 cm³/mol. The highest BCUT2D eigenvalue weighted by Crippen LogP contribution is 2.00. The third kappa shape index (κ3) is 8.12. The van der Waals surface area contributed by atoms with Gasteiger partial charge >= 0.3 is 0 Å². The molecule has 4 N–H and O–H groups in total. The van der Waals surface area contributed by atoms with E-state index in [1.165, 1.54) is 0 Å². The van der Waals surface area contributed by atoms with Crippen LogP contribution in [0.25, 0.3) is 0 Å². The molecular weight excluding hydrogens is 220 g/mol. The molecule has 17 heavy (non-hydrogen) atoms. The van der Waals surface area contributed by atoms with Gasteiger partial charge in [-0.05, 0) is 12.3 Å². The minimum absolute atomic E-state index is 0.112. The molecule has 0 radical (unpaired) electrons. The number of hydrogen-bond donors (Lipinski definition) is 3. The lowest BCUT2D eigenvalue weighted by atomic mass is 10.0. The third-order valence-corrected chi connectivity index (χ3v) is 2.50. The lowest BCUT2D eigenvalue weighted by Gasteiger charge is -2.21. The van der Waals surface area contributed by atoms with E-state index in [0.29, 0.717) is 13.2 Å². The molecule has 0 spiro atoms. The molecule has 0 aliphatic heterocycles. The lowest BCUT2D eigenvalue weighted by Crippen LogP contribution is -2.48. The number of hydrogen-bond acceptors (Lipinski definition) is 4. The lowest BCUT2D eigenvalue weighted by molar-refractivity contribution is -0.121. The standard InChI is InChI=1S/C12H26N2O3/c1-4-5-6-17-8-10(15)7-14-11(9(2)3)12(13)16/h9-11,14-15H,4-8H2,1-3H3,(H2,13,16). The highest BCUT2D eigenvalue weighted by atomic mass is 16.5. The number of carbonyl (C=O) groups is 1. The monoisotopic (exact) mass is 246 g/mol. The average molecular weight is 246 g/mol. The number of aliphatic hydroxyl groups excluding tert-OH is 1. The van der Waals surface area contributed by atoms with Crippen LogP contribution in [-0.2, 0) is 9.53 Å². The van der Waals surface area contributed by atoms with Gasteiger partial charge in [0, 0.05) is 13.2 Å². The number of amides is 1. The fraction of sp³-hybridized carbons (Fsp3) is 0.917. The molecule has 0 heterocycles. The summed E-state index contributed by atoms with van der Waals surface area (Å²) < 4.78 is 5.28. The van der Waals surface area contributed by atoms with Gasteiger partial charge in [0.2, 0.25) is 5.91 Å². The normalized spacial score (nSPS) is 14.9. The topological polar surface area (TPSA) is 84.6 Å². The molecule has 102 valence electrons. The van der Waals surface area contributed by atoms with Crippen LogP contribution in [0.3, 0.4) is 0 Å². The average Bonchev–Trinajstić information content (AvgIpc) is 2.23. The summed E-state index contributed by atoms with van der Waals surface area (Å²) >= 11 is 0. The van der Waals surface area contributed by atoms with Crippen molar-refractivity contribution < 1.29 is 14.6 Å². The van der Waals surface area contributed by atoms with Crippen LogP contribution in [0.4, 0.5) is 0 Å². The van der Waals surface area contributed by atoms with Crippen molar-refractivity contribution in [3.63, 3.8) is 0 Å². The molecule has 0 aromatic rings. The van der Waals surface area contributed by atoms with Gasteiger partial charge in [0.15, 0.2) is 0 Å². The molecule has 1 amide bonds. The Morgan fingerprint density at radius 2 is 2.12 bits per heavy atom. The molecule has 2 atom stereocenters. The Labute approximate surface area is 104 Å². The van der Waals surface area contributed by atoms with Crippen molar-refractivity contribution in [2.24, 2.45) is 11.7 Å². The third-order valence-electron chi connectivity index (χ3n) is 2.50. The second kappa shape index (κ2) is 9.39. The van der Waals surface area contributed by atoms with Crippen molar-refractivity contribution in [2.75, 3.05) is 19.8 Å². The summed E-state index contributed by atoms with van der Waals surface area (Å²) in [5.41, 5.74) is 5.25. The molecular formula is C12H26N2O3. The summed E-state index contributed by atoms with van der Waals surface area (Å²) in [7, 11) is 0. The zero-order valence-electron chi connectivity index (χ0n) is 11.1. The van der Waals surface area contributed by atoms with E-state index in [9.17, 15) is 9.90 Å². The second-order valence-electron chi connectivity index (χ2n) is 4.61. The van der Waals surface area contributed by atoms with Gasteiger partial charge in [0.25, 0.3) is 0 Å². The Morgan fingerprint density at radius 1 is 1.47 bits per heavy atom. The number of ether oxygens (including phenoxy) is 1. The number of carbonyl (C=O) groups excluding carboxylic acids is 1. The van der Waals surface area contributed by atoms with Crippen molar-refractivity contribution in [1.82, 2.24) is 5.32 Å². The molecule has 0 aliphatic rings. The van der Waals surface area contributed by atoms with Crippen molar-refractivity contribution in [1.29, 1.82) is 0 Å². The Hall–Kier alpha value is -0.650. The van der Waals surface area contributed by atoms with Crippen LogP contribution in [0.2, 0.25) is 0 Å². The minimum atomic E-state index is -0.604. The highest BCUT2D eigenvalue weighted by Gasteiger charge is 2.19. The van der Waals surface area contributed by atoms with E-state index >= 15 is 0 Å². The molecule has 0 aromatic carbocycles. The van der Waals surface area contributed by atoms with Crippen molar-refractivity contribution in [2.45, 2.75) is 45.8 Å². The number of nitrogens with one attached hydrogen (secondary N) is 1. The van der Waals surface area contributed by atoms with Crippen LogP contribution in [0.5, 0.6) is 0 Å². The summed E-state index contributed by atoms with van der Waals surface area (Å²) in [5, 5.41) is 12.6. The number of rotatable bonds is 10. The fourth-order valence-corrected chi connectivity index (χ4v) is 1.45. The Morgan fingerprint density at radius 3 is 2.59 bits per heavy atom. The van der Waals surface area contributed by atoms with Gasteiger partial charge in [0.05, 0.1) is 18.8 Å².